The second kappa shape index (κ2) is 14.0. The van der Waals surface area contributed by atoms with E-state index in [2.05, 4.69) is 246 Å². The maximum absolute atomic E-state index is 2.50. The molecule has 1 aliphatic rings. The summed E-state index contributed by atoms with van der Waals surface area (Å²) in [5.41, 5.74) is 18.7. The van der Waals surface area contributed by atoms with Gasteiger partial charge in [-0.15, -0.1) is 0 Å². The van der Waals surface area contributed by atoms with E-state index in [1.807, 2.05) is 0 Å². The lowest BCUT2D eigenvalue weighted by molar-refractivity contribution is 1.01. The van der Waals surface area contributed by atoms with Crippen molar-refractivity contribution < 1.29 is 0 Å². The fraction of sp³-hybridized carbons (Fsp3) is 0.0159. The molecule has 2 aromatic heterocycles. The Morgan fingerprint density at radius 3 is 1.46 bits per heavy atom. The molecule has 0 aliphatic heterocycles. The minimum Gasteiger partial charge on any atom is -0.309 e. The Balaban J connectivity index is 0.970. The first-order valence-electron chi connectivity index (χ1n) is 22.6. The van der Waals surface area contributed by atoms with Crippen molar-refractivity contribution in [1.82, 2.24) is 9.13 Å². The Labute approximate surface area is 376 Å². The molecule has 11 aromatic carbocycles. The van der Waals surface area contributed by atoms with E-state index >= 15 is 0 Å². The topological polar surface area (TPSA) is 9.86 Å². The summed E-state index contributed by atoms with van der Waals surface area (Å²) in [5, 5.41) is 9.99. The van der Waals surface area contributed by atoms with Gasteiger partial charge in [0.2, 0.25) is 0 Å². The Hall–Kier alpha value is -8.46. The van der Waals surface area contributed by atoms with Gasteiger partial charge in [0.15, 0.2) is 0 Å². The number of nitrogens with zero attached hydrogens (tertiary/aromatic N) is 2. The number of aromatic nitrogens is 2. The van der Waals surface area contributed by atoms with Gasteiger partial charge in [-0.2, -0.15) is 0 Å². The molecular weight excluding hydrogens is 785 g/mol. The zero-order valence-electron chi connectivity index (χ0n) is 35.5. The van der Waals surface area contributed by atoms with Crippen LogP contribution in [0.5, 0.6) is 0 Å². The minimum atomic E-state index is 0.123. The highest BCUT2D eigenvalue weighted by Crippen LogP contribution is 2.51. The van der Waals surface area contributed by atoms with Crippen molar-refractivity contribution in [2.45, 2.75) is 5.92 Å². The van der Waals surface area contributed by atoms with E-state index in [1.54, 1.807) is 0 Å². The molecule has 0 bridgehead atoms. The Kier molecular flexibility index (Phi) is 7.78. The molecule has 2 heterocycles. The third-order valence-corrected chi connectivity index (χ3v) is 14.1. The number of hydrogen-bond donors (Lipinski definition) is 0. The molecule has 2 nitrogen and oxygen atoms in total. The van der Waals surface area contributed by atoms with E-state index in [9.17, 15) is 0 Å². The molecule has 1 unspecified atom stereocenters. The largest absolute Gasteiger partial charge is 0.309 e. The summed E-state index contributed by atoms with van der Waals surface area (Å²) < 4.78 is 4.92. The molecule has 0 radical (unpaired) electrons. The SMILES string of the molecule is c1ccc(-c2ccc(C3c4ccccc4-c4cc5c6cc(-c7ccc8c(c7)c7ccccc7n8-c7ccc8ccccc8c7)ccc6n(-c6ccc7ccccc7c6)c5cc43)cc2)cc1. The quantitative estimate of drug-likeness (QED) is 0.164. The van der Waals surface area contributed by atoms with E-state index in [1.165, 1.54) is 127 Å². The van der Waals surface area contributed by atoms with Gasteiger partial charge in [-0.25, -0.2) is 0 Å². The van der Waals surface area contributed by atoms with Crippen LogP contribution >= 0.6 is 0 Å². The first-order valence-corrected chi connectivity index (χ1v) is 22.6. The molecule has 0 saturated carbocycles. The Bertz CT molecular complexity index is 4050. The lowest BCUT2D eigenvalue weighted by Crippen LogP contribution is -2.00. The van der Waals surface area contributed by atoms with Gasteiger partial charge >= 0.3 is 0 Å². The minimum absolute atomic E-state index is 0.123. The average Bonchev–Trinajstić information content (AvgIpc) is 4.00. The van der Waals surface area contributed by atoms with Crippen LogP contribution in [0.3, 0.4) is 0 Å². The van der Waals surface area contributed by atoms with Crippen LogP contribution in [0.25, 0.3) is 110 Å². The van der Waals surface area contributed by atoms with Crippen molar-refractivity contribution in [3.05, 3.63) is 253 Å². The van der Waals surface area contributed by atoms with E-state index < -0.39 is 0 Å². The summed E-state index contributed by atoms with van der Waals surface area (Å²) in [6.45, 7) is 0. The number of fused-ring (bicyclic) bond motifs is 11. The fourth-order valence-electron chi connectivity index (χ4n) is 11.1. The van der Waals surface area contributed by atoms with Gasteiger partial charge in [-0.1, -0.05) is 170 Å². The molecule has 0 N–H and O–H groups in total. The molecule has 0 fully saturated rings. The van der Waals surface area contributed by atoms with Crippen LogP contribution in [0, 0.1) is 0 Å². The van der Waals surface area contributed by atoms with Crippen molar-refractivity contribution in [1.29, 1.82) is 0 Å². The van der Waals surface area contributed by atoms with Gasteiger partial charge in [-0.3, -0.25) is 0 Å². The molecule has 2 heteroatoms. The number of benzene rings is 11. The lowest BCUT2D eigenvalue weighted by atomic mass is 9.88. The van der Waals surface area contributed by atoms with Gasteiger partial charge in [0, 0.05) is 38.8 Å². The van der Waals surface area contributed by atoms with Gasteiger partial charge < -0.3 is 9.13 Å². The monoisotopic (exact) mass is 824 g/mol. The fourth-order valence-corrected chi connectivity index (χ4v) is 11.1. The predicted octanol–water partition coefficient (Wildman–Crippen LogP) is 16.7. The van der Waals surface area contributed by atoms with Crippen LogP contribution in [0.15, 0.2) is 237 Å². The van der Waals surface area contributed by atoms with Gasteiger partial charge in [-0.05, 0) is 138 Å². The number of hydrogen-bond acceptors (Lipinski definition) is 0. The average molecular weight is 825 g/mol. The summed E-state index contributed by atoms with van der Waals surface area (Å²) in [5.74, 6) is 0.123. The lowest BCUT2D eigenvalue weighted by Gasteiger charge is -2.16. The van der Waals surface area contributed by atoms with Crippen molar-refractivity contribution in [3.63, 3.8) is 0 Å². The van der Waals surface area contributed by atoms with Crippen LogP contribution in [0.4, 0.5) is 0 Å². The van der Waals surface area contributed by atoms with Crippen molar-refractivity contribution in [2.24, 2.45) is 0 Å². The molecule has 0 amide bonds. The Morgan fingerprint density at radius 2 is 0.769 bits per heavy atom. The van der Waals surface area contributed by atoms with Crippen molar-refractivity contribution in [2.75, 3.05) is 0 Å². The van der Waals surface area contributed by atoms with Crippen LogP contribution in [0.2, 0.25) is 0 Å². The molecule has 1 aliphatic carbocycles. The van der Waals surface area contributed by atoms with Crippen LogP contribution in [-0.2, 0) is 0 Å². The predicted molar refractivity (Wildman–Crippen MR) is 274 cm³/mol. The van der Waals surface area contributed by atoms with E-state index in [0.29, 0.717) is 0 Å². The van der Waals surface area contributed by atoms with Crippen LogP contribution in [-0.4, -0.2) is 9.13 Å². The first kappa shape index (κ1) is 36.1. The summed E-state index contributed by atoms with van der Waals surface area (Å²) in [6, 6.07) is 87.9. The van der Waals surface area contributed by atoms with Crippen molar-refractivity contribution in [3.8, 4) is 44.8 Å². The molecule has 14 rings (SSSR count). The van der Waals surface area contributed by atoms with Gasteiger partial charge in [0.1, 0.15) is 0 Å². The maximum Gasteiger partial charge on any atom is 0.0544 e. The normalized spacial score (nSPS) is 13.4. The van der Waals surface area contributed by atoms with E-state index in [0.717, 1.165) is 0 Å². The summed E-state index contributed by atoms with van der Waals surface area (Å²) in [7, 11) is 0. The smallest absolute Gasteiger partial charge is 0.0544 e. The molecular formula is C63H40N2. The van der Waals surface area contributed by atoms with Gasteiger partial charge in [0.25, 0.3) is 0 Å². The maximum atomic E-state index is 2.50. The zero-order chi connectivity index (χ0) is 42.6. The second-order valence-electron chi connectivity index (χ2n) is 17.7. The van der Waals surface area contributed by atoms with Crippen LogP contribution in [0.1, 0.15) is 22.6 Å². The molecule has 302 valence electrons. The zero-order valence-corrected chi connectivity index (χ0v) is 35.5. The highest BCUT2D eigenvalue weighted by molar-refractivity contribution is 6.14. The molecule has 0 saturated heterocycles. The molecule has 1 atom stereocenters. The van der Waals surface area contributed by atoms with E-state index in [-0.39, 0.29) is 5.92 Å². The van der Waals surface area contributed by atoms with Gasteiger partial charge in [0.05, 0.1) is 22.1 Å². The second-order valence-corrected chi connectivity index (χ2v) is 17.7. The third-order valence-electron chi connectivity index (χ3n) is 14.1. The molecule has 0 spiro atoms. The van der Waals surface area contributed by atoms with Crippen molar-refractivity contribution >= 4 is 65.2 Å². The summed E-state index contributed by atoms with van der Waals surface area (Å²) >= 11 is 0. The first-order chi connectivity index (χ1) is 32.2. The highest BCUT2D eigenvalue weighted by atomic mass is 15.0. The third kappa shape index (κ3) is 5.54. The number of para-hydroxylation sites is 1. The number of rotatable bonds is 5. The summed E-state index contributed by atoms with van der Waals surface area (Å²) in [6.07, 6.45) is 0. The summed E-state index contributed by atoms with van der Waals surface area (Å²) in [4.78, 5) is 0. The standard InChI is InChI=1S/C63H40N2/c1-2-12-40(13-3-1)43-22-24-44(25-23-43)63-53-20-9-8-18-51(53)54-38-57-56-37-48(29-33-61(56)65(62(57)39-58(54)63)50-31-27-42-15-5-7-17-46(42)35-50)47-28-32-60-55(36-47)52-19-10-11-21-59(52)64(60)49-30-26-41-14-4-6-16-45(41)34-49/h1-39,63H. The van der Waals surface area contributed by atoms with Crippen LogP contribution < -0.4 is 0 Å². The molecule has 65 heavy (non-hydrogen) atoms. The highest BCUT2D eigenvalue weighted by Gasteiger charge is 2.31. The Morgan fingerprint density at radius 1 is 0.262 bits per heavy atom. The molecule has 13 aromatic rings. The van der Waals surface area contributed by atoms with E-state index in [4.69, 9.17) is 0 Å².